The highest BCUT2D eigenvalue weighted by atomic mass is 16.5. The molecule has 1 aromatic rings. The van der Waals surface area contributed by atoms with Gasteiger partial charge < -0.3 is 20.4 Å². The molecule has 0 saturated heterocycles. The van der Waals surface area contributed by atoms with E-state index in [0.29, 0.717) is 31.3 Å². The molecule has 100 valence electrons. The van der Waals surface area contributed by atoms with Crippen molar-refractivity contribution in [3.63, 3.8) is 0 Å². The van der Waals surface area contributed by atoms with Crippen molar-refractivity contribution in [1.82, 2.24) is 4.98 Å². The maximum atomic E-state index is 8.73. The Bertz CT molecular complexity index is 408. The molecule has 0 unspecified atom stereocenters. The fourth-order valence-electron chi connectivity index (χ4n) is 1.45. The molecule has 0 bridgehead atoms. The van der Waals surface area contributed by atoms with Gasteiger partial charge in [0, 0.05) is 12.8 Å². The average molecular weight is 253 g/mol. The SMILES string of the molecule is CCCOCCOc1nccc(C)c1/C(N)=N/O. The van der Waals surface area contributed by atoms with E-state index in [1.54, 1.807) is 12.3 Å². The Balaban J connectivity index is 2.67. The molecular weight excluding hydrogens is 234 g/mol. The van der Waals surface area contributed by atoms with Crippen LogP contribution in [0.2, 0.25) is 0 Å². The lowest BCUT2D eigenvalue weighted by atomic mass is 10.1. The number of hydrogen-bond donors (Lipinski definition) is 2. The molecular formula is C12H19N3O3. The summed E-state index contributed by atoms with van der Waals surface area (Å²) in [6.07, 6.45) is 2.59. The van der Waals surface area contributed by atoms with Crippen LogP contribution in [0.5, 0.6) is 5.88 Å². The van der Waals surface area contributed by atoms with Crippen molar-refractivity contribution in [2.45, 2.75) is 20.3 Å². The minimum atomic E-state index is -0.00919. The summed E-state index contributed by atoms with van der Waals surface area (Å²) in [5.41, 5.74) is 6.94. The summed E-state index contributed by atoms with van der Waals surface area (Å²) < 4.78 is 10.8. The summed E-state index contributed by atoms with van der Waals surface area (Å²) in [6, 6.07) is 1.77. The molecule has 0 radical (unpaired) electrons. The molecule has 18 heavy (non-hydrogen) atoms. The van der Waals surface area contributed by atoms with E-state index in [-0.39, 0.29) is 5.84 Å². The van der Waals surface area contributed by atoms with Crippen molar-refractivity contribution in [1.29, 1.82) is 0 Å². The largest absolute Gasteiger partial charge is 0.475 e. The summed E-state index contributed by atoms with van der Waals surface area (Å²) in [6.45, 7) is 5.45. The molecule has 0 amide bonds. The quantitative estimate of drug-likeness (QED) is 0.251. The first-order chi connectivity index (χ1) is 8.70. The number of aromatic nitrogens is 1. The Labute approximate surface area is 106 Å². The van der Waals surface area contributed by atoms with Crippen molar-refractivity contribution >= 4 is 5.84 Å². The highest BCUT2D eigenvalue weighted by Crippen LogP contribution is 2.18. The lowest BCUT2D eigenvalue weighted by Crippen LogP contribution is -2.18. The highest BCUT2D eigenvalue weighted by Gasteiger charge is 2.12. The first kappa shape index (κ1) is 14.2. The minimum absolute atomic E-state index is 0.00919. The van der Waals surface area contributed by atoms with E-state index in [4.69, 9.17) is 20.4 Å². The Morgan fingerprint density at radius 3 is 2.89 bits per heavy atom. The molecule has 0 spiro atoms. The highest BCUT2D eigenvalue weighted by molar-refractivity contribution is 6.00. The summed E-state index contributed by atoms with van der Waals surface area (Å²) in [5, 5.41) is 11.7. The number of oxime groups is 1. The topological polar surface area (TPSA) is 90.0 Å². The van der Waals surface area contributed by atoms with Crippen LogP contribution in [0.15, 0.2) is 17.4 Å². The van der Waals surface area contributed by atoms with Crippen molar-refractivity contribution in [2.24, 2.45) is 10.9 Å². The van der Waals surface area contributed by atoms with E-state index in [1.165, 1.54) is 0 Å². The second-order valence-electron chi connectivity index (χ2n) is 3.75. The van der Waals surface area contributed by atoms with Crippen LogP contribution >= 0.6 is 0 Å². The van der Waals surface area contributed by atoms with Gasteiger partial charge in [0.25, 0.3) is 0 Å². The van der Waals surface area contributed by atoms with Crippen molar-refractivity contribution < 1.29 is 14.7 Å². The third-order valence-corrected chi connectivity index (χ3v) is 2.30. The molecule has 0 aliphatic carbocycles. The molecule has 0 saturated carbocycles. The minimum Gasteiger partial charge on any atom is -0.475 e. The molecule has 1 rings (SSSR count). The number of pyridine rings is 1. The lowest BCUT2D eigenvalue weighted by Gasteiger charge is -2.11. The smallest absolute Gasteiger partial charge is 0.224 e. The predicted molar refractivity (Wildman–Crippen MR) is 68.1 cm³/mol. The van der Waals surface area contributed by atoms with Gasteiger partial charge in [-0.25, -0.2) is 4.98 Å². The van der Waals surface area contributed by atoms with Gasteiger partial charge in [0.1, 0.15) is 6.61 Å². The van der Waals surface area contributed by atoms with Gasteiger partial charge in [-0.2, -0.15) is 0 Å². The van der Waals surface area contributed by atoms with Crippen LogP contribution in [0, 0.1) is 6.92 Å². The van der Waals surface area contributed by atoms with Crippen molar-refractivity contribution in [3.05, 3.63) is 23.4 Å². The second-order valence-corrected chi connectivity index (χ2v) is 3.75. The van der Waals surface area contributed by atoms with Crippen LogP contribution in [0.1, 0.15) is 24.5 Å². The fourth-order valence-corrected chi connectivity index (χ4v) is 1.45. The summed E-state index contributed by atoms with van der Waals surface area (Å²) in [4.78, 5) is 4.08. The zero-order valence-corrected chi connectivity index (χ0v) is 10.7. The third-order valence-electron chi connectivity index (χ3n) is 2.30. The summed E-state index contributed by atoms with van der Waals surface area (Å²) >= 11 is 0. The van der Waals surface area contributed by atoms with Gasteiger partial charge in [-0.05, 0) is 25.0 Å². The molecule has 6 heteroatoms. The van der Waals surface area contributed by atoms with E-state index >= 15 is 0 Å². The molecule has 0 fully saturated rings. The van der Waals surface area contributed by atoms with Gasteiger partial charge in [0.05, 0.1) is 12.2 Å². The molecule has 0 atom stereocenters. The van der Waals surface area contributed by atoms with E-state index in [9.17, 15) is 0 Å². The van der Waals surface area contributed by atoms with Gasteiger partial charge in [0.15, 0.2) is 5.84 Å². The number of nitrogens with zero attached hydrogens (tertiary/aromatic N) is 2. The second kappa shape index (κ2) is 7.50. The van der Waals surface area contributed by atoms with Gasteiger partial charge in [0.2, 0.25) is 5.88 Å². The van der Waals surface area contributed by atoms with E-state index in [2.05, 4.69) is 10.1 Å². The molecule has 0 aromatic carbocycles. The maximum absolute atomic E-state index is 8.73. The number of aryl methyl sites for hydroxylation is 1. The fraction of sp³-hybridized carbons (Fsp3) is 0.500. The standard InChI is InChI=1S/C12H19N3O3/c1-3-6-17-7-8-18-12-10(11(13)15-16)9(2)4-5-14-12/h4-5,16H,3,6-8H2,1-2H3,(H2,13,15). The van der Waals surface area contributed by atoms with E-state index in [0.717, 1.165) is 12.0 Å². The van der Waals surface area contributed by atoms with Gasteiger partial charge in [-0.1, -0.05) is 12.1 Å². The van der Waals surface area contributed by atoms with Gasteiger partial charge >= 0.3 is 0 Å². The first-order valence-electron chi connectivity index (χ1n) is 5.84. The van der Waals surface area contributed by atoms with Gasteiger partial charge in [-0.15, -0.1) is 0 Å². The molecule has 1 heterocycles. The first-order valence-corrected chi connectivity index (χ1v) is 5.84. The van der Waals surface area contributed by atoms with Crippen LogP contribution in [0.3, 0.4) is 0 Å². The van der Waals surface area contributed by atoms with Crippen molar-refractivity contribution in [2.75, 3.05) is 19.8 Å². The zero-order chi connectivity index (χ0) is 13.4. The van der Waals surface area contributed by atoms with Crippen LogP contribution in [0.25, 0.3) is 0 Å². The normalized spacial score (nSPS) is 11.6. The third kappa shape index (κ3) is 3.89. The molecule has 6 nitrogen and oxygen atoms in total. The molecule has 1 aromatic heterocycles. The summed E-state index contributed by atoms with van der Waals surface area (Å²) in [5.74, 6) is 0.343. The Hall–Kier alpha value is -1.82. The van der Waals surface area contributed by atoms with Gasteiger partial charge in [-0.3, -0.25) is 0 Å². The van der Waals surface area contributed by atoms with Crippen LogP contribution in [0.4, 0.5) is 0 Å². The summed E-state index contributed by atoms with van der Waals surface area (Å²) in [7, 11) is 0. The predicted octanol–water partition coefficient (Wildman–Crippen LogP) is 1.29. The van der Waals surface area contributed by atoms with Crippen LogP contribution in [-0.4, -0.2) is 35.8 Å². The Morgan fingerprint density at radius 1 is 1.44 bits per heavy atom. The molecule has 0 aliphatic heterocycles. The van der Waals surface area contributed by atoms with E-state index < -0.39 is 0 Å². The number of nitrogens with two attached hydrogens (primary N) is 1. The van der Waals surface area contributed by atoms with Crippen molar-refractivity contribution in [3.8, 4) is 5.88 Å². The molecule has 3 N–H and O–H groups in total. The average Bonchev–Trinajstić information content (AvgIpc) is 2.38. The number of hydrogen-bond acceptors (Lipinski definition) is 5. The van der Waals surface area contributed by atoms with Crippen LogP contribution in [-0.2, 0) is 4.74 Å². The Kier molecular flexibility index (Phi) is 5.93. The monoisotopic (exact) mass is 253 g/mol. The Morgan fingerprint density at radius 2 is 2.22 bits per heavy atom. The van der Waals surface area contributed by atoms with E-state index in [1.807, 2.05) is 13.8 Å². The maximum Gasteiger partial charge on any atom is 0.224 e. The lowest BCUT2D eigenvalue weighted by molar-refractivity contribution is 0.0989. The van der Waals surface area contributed by atoms with Crippen LogP contribution < -0.4 is 10.5 Å². The zero-order valence-electron chi connectivity index (χ0n) is 10.7. The number of ether oxygens (including phenoxy) is 2. The number of rotatable bonds is 7. The molecule has 0 aliphatic rings. The number of amidine groups is 1.